The van der Waals surface area contributed by atoms with E-state index in [0.29, 0.717) is 0 Å². The van der Waals surface area contributed by atoms with Crippen molar-refractivity contribution in [2.75, 3.05) is 5.32 Å². The van der Waals surface area contributed by atoms with Gasteiger partial charge in [0.2, 0.25) is 0 Å². The van der Waals surface area contributed by atoms with Crippen LogP contribution in [-0.4, -0.2) is 0 Å². The van der Waals surface area contributed by atoms with Gasteiger partial charge in [0.15, 0.2) is 0 Å². The van der Waals surface area contributed by atoms with Crippen molar-refractivity contribution in [3.8, 4) is 0 Å². The second kappa shape index (κ2) is 4.81. The van der Waals surface area contributed by atoms with Crippen LogP contribution in [0.3, 0.4) is 0 Å². The van der Waals surface area contributed by atoms with Crippen LogP contribution in [0.25, 0.3) is 0 Å². The van der Waals surface area contributed by atoms with Gasteiger partial charge in [-0.3, -0.25) is 0 Å². The Kier molecular flexibility index (Phi) is 3.44. The first kappa shape index (κ1) is 10.7. The first-order chi connectivity index (χ1) is 7.27. The van der Waals surface area contributed by atoms with Gasteiger partial charge >= 0.3 is 0 Å². The molecule has 2 aromatic rings. The maximum absolute atomic E-state index is 3.53. The minimum atomic E-state index is 0.878. The Balaban J connectivity index is 2.06. The summed E-state index contributed by atoms with van der Waals surface area (Å²) in [6.07, 6.45) is 0. The van der Waals surface area contributed by atoms with Crippen LogP contribution in [-0.2, 0) is 6.54 Å². The monoisotopic (exact) mass is 281 g/mol. The molecule has 1 aromatic carbocycles. The molecule has 0 atom stereocenters. The number of hydrogen-bond donors (Lipinski definition) is 1. The molecule has 0 radical (unpaired) electrons. The molecule has 1 heterocycles. The summed E-state index contributed by atoms with van der Waals surface area (Å²) >= 11 is 5.29. The van der Waals surface area contributed by atoms with Gasteiger partial charge in [-0.15, -0.1) is 11.3 Å². The number of rotatable bonds is 3. The van der Waals surface area contributed by atoms with Crippen molar-refractivity contribution in [2.45, 2.75) is 13.5 Å². The van der Waals surface area contributed by atoms with E-state index in [9.17, 15) is 0 Å². The first-order valence-corrected chi connectivity index (χ1v) is 6.46. The van der Waals surface area contributed by atoms with Crippen LogP contribution >= 0.6 is 27.3 Å². The average molecular weight is 282 g/mol. The summed E-state index contributed by atoms with van der Waals surface area (Å²) in [5.74, 6) is 0. The summed E-state index contributed by atoms with van der Waals surface area (Å²) < 4.78 is 1.19. The Labute approximate surface area is 102 Å². The molecule has 0 saturated heterocycles. The van der Waals surface area contributed by atoms with Crippen molar-refractivity contribution in [1.29, 1.82) is 0 Å². The highest BCUT2D eigenvalue weighted by Gasteiger charge is 2.01. The first-order valence-electron chi connectivity index (χ1n) is 4.79. The number of nitrogens with one attached hydrogen (secondary N) is 1. The van der Waals surface area contributed by atoms with Gasteiger partial charge in [-0.2, -0.15) is 0 Å². The largest absolute Gasteiger partial charge is 0.380 e. The van der Waals surface area contributed by atoms with Crippen molar-refractivity contribution in [3.63, 3.8) is 0 Å². The van der Waals surface area contributed by atoms with Gasteiger partial charge in [-0.25, -0.2) is 0 Å². The van der Waals surface area contributed by atoms with Gasteiger partial charge in [0, 0.05) is 15.0 Å². The maximum atomic E-state index is 3.53. The minimum Gasteiger partial charge on any atom is -0.380 e. The van der Waals surface area contributed by atoms with Crippen molar-refractivity contribution in [1.82, 2.24) is 0 Å². The topological polar surface area (TPSA) is 12.0 Å². The van der Waals surface area contributed by atoms with E-state index in [4.69, 9.17) is 0 Å². The number of halogens is 1. The Hall–Kier alpha value is -0.800. The summed E-state index contributed by atoms with van der Waals surface area (Å²) in [5, 5.41) is 5.53. The average Bonchev–Trinajstić information content (AvgIpc) is 2.63. The number of hydrogen-bond acceptors (Lipinski definition) is 2. The molecular weight excluding hydrogens is 270 g/mol. The molecule has 1 N–H and O–H groups in total. The molecule has 78 valence electrons. The van der Waals surface area contributed by atoms with Crippen molar-refractivity contribution in [2.24, 2.45) is 0 Å². The lowest BCUT2D eigenvalue weighted by atomic mass is 10.2. The zero-order valence-corrected chi connectivity index (χ0v) is 10.9. The molecule has 2 rings (SSSR count). The van der Waals surface area contributed by atoms with Crippen molar-refractivity contribution >= 4 is 33.0 Å². The molecule has 0 saturated carbocycles. The number of aryl methyl sites for hydroxylation is 1. The molecular formula is C12H12BrNS. The Bertz CT molecular complexity index is 450. The van der Waals surface area contributed by atoms with Crippen LogP contribution in [0.15, 0.2) is 40.2 Å². The molecule has 3 heteroatoms. The van der Waals surface area contributed by atoms with E-state index >= 15 is 0 Å². The van der Waals surface area contributed by atoms with Gasteiger partial charge in [0.05, 0.1) is 6.54 Å². The van der Waals surface area contributed by atoms with Gasteiger partial charge in [-0.1, -0.05) is 18.2 Å². The van der Waals surface area contributed by atoms with E-state index in [2.05, 4.69) is 63.9 Å². The second-order valence-electron chi connectivity index (χ2n) is 3.36. The molecule has 0 unspecified atom stereocenters. The maximum Gasteiger partial charge on any atom is 0.0505 e. The smallest absolute Gasteiger partial charge is 0.0505 e. The zero-order chi connectivity index (χ0) is 10.7. The quantitative estimate of drug-likeness (QED) is 0.878. The summed E-state index contributed by atoms with van der Waals surface area (Å²) in [4.78, 5) is 1.33. The normalized spacial score (nSPS) is 10.3. The van der Waals surface area contributed by atoms with Crippen LogP contribution in [0.4, 0.5) is 5.69 Å². The standard InChI is InChI=1S/C12H12BrNS/c1-9-4-2-3-5-11(9)14-8-12-10(13)6-7-15-12/h2-7,14H,8H2,1H3. The van der Waals surface area contributed by atoms with E-state index in [1.807, 2.05) is 0 Å². The summed E-state index contributed by atoms with van der Waals surface area (Å²) in [6, 6.07) is 10.4. The second-order valence-corrected chi connectivity index (χ2v) is 5.22. The van der Waals surface area contributed by atoms with Crippen LogP contribution in [0, 0.1) is 6.92 Å². The highest BCUT2D eigenvalue weighted by Crippen LogP contribution is 2.24. The Morgan fingerprint density at radius 3 is 2.73 bits per heavy atom. The van der Waals surface area contributed by atoms with Gasteiger partial charge < -0.3 is 5.32 Å². The van der Waals surface area contributed by atoms with Gasteiger partial charge in [-0.05, 0) is 45.9 Å². The predicted octanol–water partition coefficient (Wildman–Crippen LogP) is 4.43. The fourth-order valence-electron chi connectivity index (χ4n) is 1.40. The molecule has 15 heavy (non-hydrogen) atoms. The highest BCUT2D eigenvalue weighted by atomic mass is 79.9. The van der Waals surface area contributed by atoms with E-state index in [0.717, 1.165) is 6.54 Å². The van der Waals surface area contributed by atoms with Crippen molar-refractivity contribution < 1.29 is 0 Å². The summed E-state index contributed by atoms with van der Waals surface area (Å²) in [7, 11) is 0. The van der Waals surface area contributed by atoms with Crippen LogP contribution < -0.4 is 5.32 Å². The van der Waals surface area contributed by atoms with Crippen LogP contribution in [0.1, 0.15) is 10.4 Å². The molecule has 1 nitrogen and oxygen atoms in total. The third kappa shape index (κ3) is 2.61. The highest BCUT2D eigenvalue weighted by molar-refractivity contribution is 9.10. The fourth-order valence-corrected chi connectivity index (χ4v) is 2.83. The number of benzene rings is 1. The predicted molar refractivity (Wildman–Crippen MR) is 70.5 cm³/mol. The lowest BCUT2D eigenvalue weighted by Gasteiger charge is -2.08. The third-order valence-electron chi connectivity index (χ3n) is 2.28. The van der Waals surface area contributed by atoms with Crippen LogP contribution in [0.2, 0.25) is 0 Å². The van der Waals surface area contributed by atoms with Crippen LogP contribution in [0.5, 0.6) is 0 Å². The van der Waals surface area contributed by atoms with E-state index in [-0.39, 0.29) is 0 Å². The SMILES string of the molecule is Cc1ccccc1NCc1sccc1Br. The van der Waals surface area contributed by atoms with Gasteiger partial charge in [0.1, 0.15) is 0 Å². The third-order valence-corrected chi connectivity index (χ3v) is 4.20. The summed E-state index contributed by atoms with van der Waals surface area (Å²) in [5.41, 5.74) is 2.49. The molecule has 0 spiro atoms. The minimum absolute atomic E-state index is 0.878. The zero-order valence-electron chi connectivity index (χ0n) is 8.46. The van der Waals surface area contributed by atoms with E-state index < -0.39 is 0 Å². The fraction of sp³-hybridized carbons (Fsp3) is 0.167. The molecule has 0 aliphatic carbocycles. The molecule has 0 aliphatic heterocycles. The van der Waals surface area contributed by atoms with E-state index in [1.165, 1.54) is 20.6 Å². The van der Waals surface area contributed by atoms with Gasteiger partial charge in [0.25, 0.3) is 0 Å². The molecule has 0 bridgehead atoms. The Morgan fingerprint density at radius 2 is 2.07 bits per heavy atom. The van der Waals surface area contributed by atoms with E-state index in [1.54, 1.807) is 11.3 Å². The van der Waals surface area contributed by atoms with Crippen molar-refractivity contribution in [3.05, 3.63) is 50.6 Å². The number of anilines is 1. The molecule has 0 amide bonds. The summed E-state index contributed by atoms with van der Waals surface area (Å²) in [6.45, 7) is 2.99. The lowest BCUT2D eigenvalue weighted by Crippen LogP contribution is -1.99. The molecule has 0 fully saturated rings. The lowest BCUT2D eigenvalue weighted by molar-refractivity contribution is 1.17. The molecule has 1 aromatic heterocycles. The number of para-hydroxylation sites is 1. The molecule has 0 aliphatic rings. The number of thiophene rings is 1. The Morgan fingerprint density at radius 1 is 1.27 bits per heavy atom.